The lowest BCUT2D eigenvalue weighted by atomic mass is 10.1. The normalized spacial score (nSPS) is 28.8. The Morgan fingerprint density at radius 3 is 2.83 bits per heavy atom. The first kappa shape index (κ1) is 10.4. The molecule has 3 atom stereocenters. The van der Waals surface area contributed by atoms with Gasteiger partial charge in [0.05, 0.1) is 6.10 Å². The summed E-state index contributed by atoms with van der Waals surface area (Å²) < 4.78 is 0. The maximum Gasteiger partial charge on any atom is 0.0526 e. The highest BCUT2D eigenvalue weighted by Crippen LogP contribution is 2.17. The molecule has 3 unspecified atom stereocenters. The van der Waals surface area contributed by atoms with E-state index in [1.54, 1.807) is 0 Å². The van der Waals surface area contributed by atoms with Crippen LogP contribution in [0.2, 0.25) is 0 Å². The van der Waals surface area contributed by atoms with Crippen LogP contribution < -0.4 is 5.32 Å². The van der Waals surface area contributed by atoms with E-state index in [-0.39, 0.29) is 6.10 Å². The molecule has 0 aromatic heterocycles. The summed E-state index contributed by atoms with van der Waals surface area (Å²) in [5, 5.41) is 12.7. The zero-order valence-corrected chi connectivity index (χ0v) is 8.73. The number of hydrogen-bond acceptors (Lipinski definition) is 3. The van der Waals surface area contributed by atoms with Gasteiger partial charge in [0.25, 0.3) is 0 Å². The Bertz CT molecular complexity index is 124. The van der Waals surface area contributed by atoms with Gasteiger partial charge in [-0.05, 0) is 32.4 Å². The second-order valence-electron chi connectivity index (χ2n) is 3.71. The fourth-order valence-corrected chi connectivity index (χ4v) is 2.81. The maximum absolute atomic E-state index is 9.15. The Kier molecular flexibility index (Phi) is 4.40. The summed E-state index contributed by atoms with van der Waals surface area (Å²) in [4.78, 5) is 0. The molecule has 1 heterocycles. The van der Waals surface area contributed by atoms with Gasteiger partial charge in [-0.15, -0.1) is 0 Å². The molecule has 1 rings (SSSR count). The smallest absolute Gasteiger partial charge is 0.0526 e. The lowest BCUT2D eigenvalue weighted by Gasteiger charge is -2.19. The van der Waals surface area contributed by atoms with Gasteiger partial charge in [0.15, 0.2) is 0 Å². The van der Waals surface area contributed by atoms with Crippen molar-refractivity contribution in [2.75, 3.05) is 11.5 Å². The van der Waals surface area contributed by atoms with Gasteiger partial charge in [0, 0.05) is 17.8 Å². The van der Waals surface area contributed by atoms with Crippen molar-refractivity contribution in [2.45, 2.75) is 44.9 Å². The molecule has 2 nitrogen and oxygen atoms in total. The van der Waals surface area contributed by atoms with Crippen LogP contribution in [0, 0.1) is 0 Å². The molecule has 12 heavy (non-hydrogen) atoms. The van der Waals surface area contributed by atoms with E-state index < -0.39 is 0 Å². The molecular formula is C9H19NOS. The molecular weight excluding hydrogens is 170 g/mol. The first-order chi connectivity index (χ1) is 5.68. The first-order valence-corrected chi connectivity index (χ1v) is 5.86. The predicted octanol–water partition coefficient (Wildman–Crippen LogP) is 1.24. The van der Waals surface area contributed by atoms with Gasteiger partial charge in [-0.1, -0.05) is 0 Å². The Labute approximate surface area is 79.1 Å². The van der Waals surface area contributed by atoms with Crippen LogP contribution in [0.5, 0.6) is 0 Å². The lowest BCUT2D eigenvalue weighted by molar-refractivity contribution is 0.168. The van der Waals surface area contributed by atoms with Crippen molar-refractivity contribution in [1.82, 2.24) is 5.32 Å². The number of rotatable bonds is 4. The summed E-state index contributed by atoms with van der Waals surface area (Å²) in [7, 11) is 0. The van der Waals surface area contributed by atoms with Gasteiger partial charge < -0.3 is 10.4 Å². The SMILES string of the molecule is CC(O)CC(C)NC1CCSC1. The van der Waals surface area contributed by atoms with E-state index in [2.05, 4.69) is 12.2 Å². The molecule has 0 spiro atoms. The number of thioether (sulfide) groups is 1. The van der Waals surface area contributed by atoms with Gasteiger partial charge in [-0.25, -0.2) is 0 Å². The zero-order chi connectivity index (χ0) is 8.97. The summed E-state index contributed by atoms with van der Waals surface area (Å²) in [5.41, 5.74) is 0. The topological polar surface area (TPSA) is 32.3 Å². The Morgan fingerprint density at radius 2 is 2.33 bits per heavy atom. The Hall–Kier alpha value is 0.270. The highest BCUT2D eigenvalue weighted by molar-refractivity contribution is 7.99. The fourth-order valence-electron chi connectivity index (χ4n) is 1.65. The number of hydrogen-bond donors (Lipinski definition) is 2. The van der Waals surface area contributed by atoms with Crippen LogP contribution in [-0.4, -0.2) is 34.8 Å². The summed E-state index contributed by atoms with van der Waals surface area (Å²) in [6, 6.07) is 1.14. The second kappa shape index (κ2) is 5.10. The van der Waals surface area contributed by atoms with Crippen LogP contribution in [0.15, 0.2) is 0 Å². The number of aliphatic hydroxyl groups excluding tert-OH is 1. The molecule has 0 aromatic rings. The van der Waals surface area contributed by atoms with Crippen LogP contribution in [0.25, 0.3) is 0 Å². The lowest BCUT2D eigenvalue weighted by Crippen LogP contribution is -2.38. The van der Waals surface area contributed by atoms with Gasteiger partial charge in [0.1, 0.15) is 0 Å². The fraction of sp³-hybridized carbons (Fsp3) is 1.00. The molecule has 0 amide bonds. The Morgan fingerprint density at radius 1 is 1.58 bits per heavy atom. The molecule has 1 aliphatic rings. The quantitative estimate of drug-likeness (QED) is 0.698. The van der Waals surface area contributed by atoms with Crippen molar-refractivity contribution in [3.63, 3.8) is 0 Å². The molecule has 1 aliphatic heterocycles. The van der Waals surface area contributed by atoms with Crippen LogP contribution in [-0.2, 0) is 0 Å². The average molecular weight is 189 g/mol. The summed E-state index contributed by atoms with van der Waals surface area (Å²) in [5.74, 6) is 2.53. The van der Waals surface area contributed by atoms with Crippen LogP contribution in [0.1, 0.15) is 26.7 Å². The molecule has 0 aliphatic carbocycles. The number of nitrogens with one attached hydrogen (secondary N) is 1. The molecule has 0 bridgehead atoms. The zero-order valence-electron chi connectivity index (χ0n) is 7.92. The molecule has 3 heteroatoms. The average Bonchev–Trinajstić information content (AvgIpc) is 2.37. The maximum atomic E-state index is 9.15. The molecule has 1 fully saturated rings. The van der Waals surface area contributed by atoms with E-state index in [1.807, 2.05) is 18.7 Å². The van der Waals surface area contributed by atoms with E-state index in [0.29, 0.717) is 12.1 Å². The molecule has 0 aromatic carbocycles. The molecule has 72 valence electrons. The molecule has 0 saturated carbocycles. The predicted molar refractivity (Wildman–Crippen MR) is 54.6 cm³/mol. The van der Waals surface area contributed by atoms with Crippen molar-refractivity contribution in [2.24, 2.45) is 0 Å². The van der Waals surface area contributed by atoms with Crippen LogP contribution >= 0.6 is 11.8 Å². The van der Waals surface area contributed by atoms with Crippen molar-refractivity contribution in [1.29, 1.82) is 0 Å². The minimum atomic E-state index is -0.179. The van der Waals surface area contributed by atoms with Gasteiger partial charge in [-0.3, -0.25) is 0 Å². The molecule has 2 N–H and O–H groups in total. The molecule has 0 radical (unpaired) electrons. The van der Waals surface area contributed by atoms with Crippen molar-refractivity contribution < 1.29 is 5.11 Å². The third-order valence-corrected chi connectivity index (χ3v) is 3.31. The highest BCUT2D eigenvalue weighted by Gasteiger charge is 2.17. The minimum Gasteiger partial charge on any atom is -0.393 e. The van der Waals surface area contributed by atoms with E-state index in [9.17, 15) is 0 Å². The number of aliphatic hydroxyl groups is 1. The van der Waals surface area contributed by atoms with Crippen LogP contribution in [0.3, 0.4) is 0 Å². The van der Waals surface area contributed by atoms with E-state index in [4.69, 9.17) is 5.11 Å². The Balaban J connectivity index is 2.11. The third-order valence-electron chi connectivity index (χ3n) is 2.14. The van der Waals surface area contributed by atoms with E-state index >= 15 is 0 Å². The summed E-state index contributed by atoms with van der Waals surface area (Å²) in [6.07, 6.45) is 1.97. The highest BCUT2D eigenvalue weighted by atomic mass is 32.2. The van der Waals surface area contributed by atoms with Crippen LogP contribution in [0.4, 0.5) is 0 Å². The van der Waals surface area contributed by atoms with Crippen molar-refractivity contribution in [3.8, 4) is 0 Å². The van der Waals surface area contributed by atoms with Gasteiger partial charge in [-0.2, -0.15) is 11.8 Å². The largest absolute Gasteiger partial charge is 0.393 e. The van der Waals surface area contributed by atoms with E-state index in [0.717, 1.165) is 6.42 Å². The first-order valence-electron chi connectivity index (χ1n) is 4.70. The third kappa shape index (κ3) is 3.78. The summed E-state index contributed by atoms with van der Waals surface area (Å²) >= 11 is 2.02. The second-order valence-corrected chi connectivity index (χ2v) is 4.86. The van der Waals surface area contributed by atoms with Gasteiger partial charge in [0.2, 0.25) is 0 Å². The molecule has 1 saturated heterocycles. The van der Waals surface area contributed by atoms with Crippen molar-refractivity contribution >= 4 is 11.8 Å². The summed E-state index contributed by atoms with van der Waals surface area (Å²) in [6.45, 7) is 4.00. The monoisotopic (exact) mass is 189 g/mol. The standard InChI is InChI=1S/C9H19NOS/c1-7(5-8(2)11)10-9-3-4-12-6-9/h7-11H,3-6H2,1-2H3. The van der Waals surface area contributed by atoms with E-state index in [1.165, 1.54) is 17.9 Å². The van der Waals surface area contributed by atoms with Gasteiger partial charge >= 0.3 is 0 Å². The van der Waals surface area contributed by atoms with Crippen molar-refractivity contribution in [3.05, 3.63) is 0 Å². The minimum absolute atomic E-state index is 0.179.